The molecule has 0 saturated heterocycles. The van der Waals surface area contributed by atoms with Gasteiger partial charge in [-0.1, -0.05) is 24.3 Å². The van der Waals surface area contributed by atoms with Gasteiger partial charge in [0.2, 0.25) is 0 Å². The number of anilines is 1. The standard InChI is InChI=1S/C20H22N6O/c1-14-22-23-24-26(14)17-12-10-16(11-13-17)21-20(27)25(2)19-9-5-7-15-6-3-4-8-18(15)19/h3-4,6,8,10-13,19H,5,7,9H2,1-2H3,(H,21,27). The van der Waals surface area contributed by atoms with E-state index in [2.05, 4.69) is 39.0 Å². The predicted octanol–water partition coefficient (Wildman–Crippen LogP) is 3.51. The van der Waals surface area contributed by atoms with Crippen molar-refractivity contribution in [1.29, 1.82) is 0 Å². The van der Waals surface area contributed by atoms with Gasteiger partial charge in [0.15, 0.2) is 5.82 Å². The molecule has 1 aliphatic rings. The summed E-state index contributed by atoms with van der Waals surface area (Å²) in [6.07, 6.45) is 3.16. The molecule has 7 nitrogen and oxygen atoms in total. The molecule has 1 atom stereocenters. The first-order valence-corrected chi connectivity index (χ1v) is 9.10. The number of nitrogens with one attached hydrogen (secondary N) is 1. The lowest BCUT2D eigenvalue weighted by Gasteiger charge is -2.33. The molecule has 138 valence electrons. The zero-order valence-electron chi connectivity index (χ0n) is 15.5. The van der Waals surface area contributed by atoms with Crippen LogP contribution in [0.1, 0.15) is 35.8 Å². The lowest BCUT2D eigenvalue weighted by Crippen LogP contribution is -2.36. The van der Waals surface area contributed by atoms with Crippen LogP contribution in [0, 0.1) is 6.92 Å². The molecule has 27 heavy (non-hydrogen) atoms. The lowest BCUT2D eigenvalue weighted by molar-refractivity contribution is 0.197. The number of amides is 2. The number of nitrogens with zero attached hydrogens (tertiary/aromatic N) is 5. The van der Waals surface area contributed by atoms with Crippen molar-refractivity contribution >= 4 is 11.7 Å². The zero-order valence-corrected chi connectivity index (χ0v) is 15.5. The molecular formula is C20H22N6O. The highest BCUT2D eigenvalue weighted by Crippen LogP contribution is 2.33. The highest BCUT2D eigenvalue weighted by molar-refractivity contribution is 5.89. The third-order valence-electron chi connectivity index (χ3n) is 5.11. The van der Waals surface area contributed by atoms with E-state index in [1.807, 2.05) is 44.3 Å². The Bertz CT molecular complexity index is 949. The van der Waals surface area contributed by atoms with Crippen molar-refractivity contribution in [3.63, 3.8) is 0 Å². The number of hydrogen-bond acceptors (Lipinski definition) is 4. The van der Waals surface area contributed by atoms with E-state index >= 15 is 0 Å². The van der Waals surface area contributed by atoms with Crippen LogP contribution in [-0.2, 0) is 6.42 Å². The largest absolute Gasteiger partial charge is 0.322 e. The van der Waals surface area contributed by atoms with Crippen molar-refractivity contribution in [2.45, 2.75) is 32.2 Å². The molecule has 4 rings (SSSR count). The summed E-state index contributed by atoms with van der Waals surface area (Å²) >= 11 is 0. The van der Waals surface area contributed by atoms with Crippen molar-refractivity contribution in [3.05, 3.63) is 65.5 Å². The molecule has 2 amide bonds. The van der Waals surface area contributed by atoms with Gasteiger partial charge >= 0.3 is 6.03 Å². The second-order valence-corrected chi connectivity index (χ2v) is 6.83. The van der Waals surface area contributed by atoms with Gasteiger partial charge in [0.25, 0.3) is 0 Å². The lowest BCUT2D eigenvalue weighted by atomic mass is 9.87. The first-order valence-electron chi connectivity index (χ1n) is 9.10. The highest BCUT2D eigenvalue weighted by Gasteiger charge is 2.26. The number of aryl methyl sites for hydroxylation is 2. The monoisotopic (exact) mass is 362 g/mol. The summed E-state index contributed by atoms with van der Waals surface area (Å²) in [5.74, 6) is 0.711. The third-order valence-corrected chi connectivity index (χ3v) is 5.11. The van der Waals surface area contributed by atoms with Gasteiger partial charge in [-0.05, 0) is 72.0 Å². The predicted molar refractivity (Wildman–Crippen MR) is 103 cm³/mol. The molecule has 2 aromatic carbocycles. The number of hydrogen-bond donors (Lipinski definition) is 1. The molecule has 1 aliphatic carbocycles. The molecule has 0 radical (unpaired) electrons. The first kappa shape index (κ1) is 17.2. The maximum atomic E-state index is 12.8. The molecule has 0 saturated carbocycles. The number of carbonyl (C=O) groups excluding carboxylic acids is 1. The van der Waals surface area contributed by atoms with Crippen LogP contribution in [0.5, 0.6) is 0 Å². The topological polar surface area (TPSA) is 75.9 Å². The van der Waals surface area contributed by atoms with Crippen LogP contribution >= 0.6 is 0 Å². The van der Waals surface area contributed by atoms with E-state index in [1.165, 1.54) is 11.1 Å². The molecular weight excluding hydrogens is 340 g/mol. The summed E-state index contributed by atoms with van der Waals surface area (Å²) in [5, 5.41) is 14.5. The summed E-state index contributed by atoms with van der Waals surface area (Å²) in [4.78, 5) is 14.6. The van der Waals surface area contributed by atoms with Crippen LogP contribution in [0.15, 0.2) is 48.5 Å². The second-order valence-electron chi connectivity index (χ2n) is 6.83. The minimum absolute atomic E-state index is 0.108. The maximum Gasteiger partial charge on any atom is 0.322 e. The van der Waals surface area contributed by atoms with E-state index < -0.39 is 0 Å². The average Bonchev–Trinajstić information content (AvgIpc) is 3.13. The number of tetrazole rings is 1. The number of aromatic nitrogens is 4. The second kappa shape index (κ2) is 7.19. The first-order chi connectivity index (χ1) is 13.1. The summed E-state index contributed by atoms with van der Waals surface area (Å²) in [6.45, 7) is 1.84. The van der Waals surface area contributed by atoms with Gasteiger partial charge in [-0.3, -0.25) is 0 Å². The summed E-state index contributed by atoms with van der Waals surface area (Å²) in [5.41, 5.74) is 4.19. The Hall–Kier alpha value is -3.22. The van der Waals surface area contributed by atoms with E-state index in [9.17, 15) is 4.79 Å². The van der Waals surface area contributed by atoms with Crippen LogP contribution < -0.4 is 5.32 Å². The smallest absolute Gasteiger partial charge is 0.321 e. The van der Waals surface area contributed by atoms with Crippen LogP contribution in [0.2, 0.25) is 0 Å². The third kappa shape index (κ3) is 3.40. The molecule has 1 N–H and O–H groups in total. The molecule has 1 heterocycles. The summed E-state index contributed by atoms with van der Waals surface area (Å²) in [6, 6.07) is 15.9. The number of rotatable bonds is 3. The Balaban J connectivity index is 1.47. The number of fused-ring (bicyclic) bond motifs is 1. The van der Waals surface area contributed by atoms with Crippen LogP contribution in [-0.4, -0.2) is 38.2 Å². The fourth-order valence-electron chi connectivity index (χ4n) is 3.64. The number of carbonyl (C=O) groups is 1. The van der Waals surface area contributed by atoms with Gasteiger partial charge in [-0.15, -0.1) is 5.10 Å². The van der Waals surface area contributed by atoms with Crippen LogP contribution in [0.4, 0.5) is 10.5 Å². The van der Waals surface area contributed by atoms with Gasteiger partial charge in [0.1, 0.15) is 0 Å². The van der Waals surface area contributed by atoms with E-state index in [1.54, 1.807) is 9.58 Å². The molecule has 0 spiro atoms. The molecule has 0 fully saturated rings. The van der Waals surface area contributed by atoms with Crippen molar-refractivity contribution in [3.8, 4) is 5.69 Å². The van der Waals surface area contributed by atoms with E-state index in [4.69, 9.17) is 0 Å². The molecule has 1 aromatic heterocycles. The van der Waals surface area contributed by atoms with Gasteiger partial charge in [0.05, 0.1) is 11.7 Å². The van der Waals surface area contributed by atoms with Gasteiger partial charge < -0.3 is 10.2 Å². The fourth-order valence-corrected chi connectivity index (χ4v) is 3.64. The van der Waals surface area contributed by atoms with Crippen molar-refractivity contribution in [2.75, 3.05) is 12.4 Å². The molecule has 0 aliphatic heterocycles. The van der Waals surface area contributed by atoms with Crippen LogP contribution in [0.25, 0.3) is 5.69 Å². The quantitative estimate of drug-likeness (QED) is 0.773. The van der Waals surface area contributed by atoms with Gasteiger partial charge in [-0.2, -0.15) is 4.68 Å². The van der Waals surface area contributed by atoms with E-state index in [-0.39, 0.29) is 12.1 Å². The summed E-state index contributed by atoms with van der Waals surface area (Å²) < 4.78 is 1.65. The van der Waals surface area contributed by atoms with Crippen molar-refractivity contribution in [1.82, 2.24) is 25.1 Å². The van der Waals surface area contributed by atoms with E-state index in [0.717, 1.165) is 30.6 Å². The Kier molecular flexibility index (Phi) is 4.58. The maximum absolute atomic E-state index is 12.8. The minimum atomic E-state index is -0.108. The van der Waals surface area contributed by atoms with Crippen LogP contribution in [0.3, 0.4) is 0 Å². The highest BCUT2D eigenvalue weighted by atomic mass is 16.2. The zero-order chi connectivity index (χ0) is 18.8. The molecule has 3 aromatic rings. The normalized spacial score (nSPS) is 15.9. The number of benzene rings is 2. The Morgan fingerprint density at radius 2 is 1.96 bits per heavy atom. The van der Waals surface area contributed by atoms with Crippen molar-refractivity contribution in [2.24, 2.45) is 0 Å². The van der Waals surface area contributed by atoms with E-state index in [0.29, 0.717) is 5.82 Å². The Labute approximate surface area is 158 Å². The summed E-state index contributed by atoms with van der Waals surface area (Å²) in [7, 11) is 1.86. The van der Waals surface area contributed by atoms with Crippen molar-refractivity contribution < 1.29 is 4.79 Å². The Morgan fingerprint density at radius 3 is 2.70 bits per heavy atom. The molecule has 7 heteroatoms. The number of urea groups is 1. The SMILES string of the molecule is Cc1nnnn1-c1ccc(NC(=O)N(C)C2CCCc3ccccc32)cc1. The molecule has 1 unspecified atom stereocenters. The van der Waals surface area contributed by atoms with Gasteiger partial charge in [0, 0.05) is 12.7 Å². The molecule has 0 bridgehead atoms. The average molecular weight is 362 g/mol. The minimum Gasteiger partial charge on any atom is -0.321 e. The fraction of sp³-hybridized carbons (Fsp3) is 0.300. The van der Waals surface area contributed by atoms with Gasteiger partial charge in [-0.25, -0.2) is 4.79 Å². The Morgan fingerprint density at radius 1 is 1.19 bits per heavy atom.